The van der Waals surface area contributed by atoms with Gasteiger partial charge >= 0.3 is 0 Å². The minimum absolute atomic E-state index is 0.0156. The zero-order valence-corrected chi connectivity index (χ0v) is 16.0. The number of hydrogen-bond donors (Lipinski definition) is 1. The lowest BCUT2D eigenvalue weighted by Crippen LogP contribution is -2.59. The standard InChI is InChI=1S/C22H29N3O/c1-14(2)18-13-19(25(3)24-18)22(26)23-21-17-12-8-7-11-16(17)20(21)15-9-5-4-6-10-15/h4-6,9-10,13-14,16-17,20-21H,7-8,11-12H2,1-3H3,(H,23,26)/t16?,17?,20-,21-/m0/s1. The van der Waals surface area contributed by atoms with E-state index in [1.807, 2.05) is 13.1 Å². The highest BCUT2D eigenvalue weighted by Crippen LogP contribution is 2.54. The van der Waals surface area contributed by atoms with Crippen LogP contribution in [0.25, 0.3) is 0 Å². The van der Waals surface area contributed by atoms with Crippen LogP contribution in [0.5, 0.6) is 0 Å². The number of hydrogen-bond acceptors (Lipinski definition) is 2. The van der Waals surface area contributed by atoms with Crippen molar-refractivity contribution in [3.8, 4) is 0 Å². The van der Waals surface area contributed by atoms with Gasteiger partial charge < -0.3 is 5.32 Å². The molecule has 0 radical (unpaired) electrons. The molecule has 0 spiro atoms. The van der Waals surface area contributed by atoms with Crippen LogP contribution >= 0.6 is 0 Å². The molecule has 2 aliphatic carbocycles. The third kappa shape index (κ3) is 2.95. The number of amides is 1. The summed E-state index contributed by atoms with van der Waals surface area (Å²) in [6.07, 6.45) is 5.14. The fourth-order valence-corrected chi connectivity index (χ4v) is 5.00. The average molecular weight is 351 g/mol. The molecule has 2 saturated carbocycles. The summed E-state index contributed by atoms with van der Waals surface area (Å²) in [5.41, 5.74) is 3.01. The maximum absolute atomic E-state index is 13.0. The number of aryl methyl sites for hydroxylation is 1. The van der Waals surface area contributed by atoms with Gasteiger partial charge in [0.05, 0.1) is 5.69 Å². The molecule has 2 aromatic rings. The van der Waals surface area contributed by atoms with E-state index >= 15 is 0 Å². The van der Waals surface area contributed by atoms with E-state index in [-0.39, 0.29) is 11.9 Å². The van der Waals surface area contributed by atoms with Crippen LogP contribution in [-0.4, -0.2) is 21.7 Å². The maximum Gasteiger partial charge on any atom is 0.269 e. The Balaban J connectivity index is 1.56. The van der Waals surface area contributed by atoms with Gasteiger partial charge in [-0.05, 0) is 42.2 Å². The molecule has 1 aromatic carbocycles. The first-order valence-corrected chi connectivity index (χ1v) is 9.96. The first kappa shape index (κ1) is 17.3. The molecule has 1 heterocycles. The highest BCUT2D eigenvalue weighted by atomic mass is 16.2. The van der Waals surface area contributed by atoms with Crippen molar-refractivity contribution in [2.45, 2.75) is 57.4 Å². The molecule has 2 aliphatic rings. The van der Waals surface area contributed by atoms with Crippen LogP contribution in [0.4, 0.5) is 0 Å². The van der Waals surface area contributed by atoms with Crippen LogP contribution in [0, 0.1) is 11.8 Å². The molecular weight excluding hydrogens is 322 g/mol. The SMILES string of the molecule is CC(C)c1cc(C(=O)N[C@H]2C3CCCCC3[C@@H]2c2ccccc2)n(C)n1. The summed E-state index contributed by atoms with van der Waals surface area (Å²) in [5, 5.41) is 7.87. The van der Waals surface area contributed by atoms with E-state index < -0.39 is 0 Å². The van der Waals surface area contributed by atoms with Crippen molar-refractivity contribution >= 4 is 5.91 Å². The van der Waals surface area contributed by atoms with E-state index in [0.717, 1.165) is 5.69 Å². The summed E-state index contributed by atoms with van der Waals surface area (Å²) in [6, 6.07) is 12.9. The number of carbonyl (C=O) groups is 1. The monoisotopic (exact) mass is 351 g/mol. The zero-order valence-electron chi connectivity index (χ0n) is 16.0. The Bertz CT molecular complexity index is 780. The number of nitrogens with one attached hydrogen (secondary N) is 1. The number of nitrogens with zero attached hydrogens (tertiary/aromatic N) is 2. The van der Waals surface area contributed by atoms with Gasteiger partial charge in [-0.2, -0.15) is 5.10 Å². The second-order valence-electron chi connectivity index (χ2n) is 8.28. The van der Waals surface area contributed by atoms with Crippen LogP contribution in [-0.2, 0) is 7.05 Å². The molecule has 26 heavy (non-hydrogen) atoms. The summed E-state index contributed by atoms with van der Waals surface area (Å²) in [5.74, 6) is 2.13. The molecule has 1 N–H and O–H groups in total. The first-order valence-electron chi connectivity index (χ1n) is 9.96. The summed E-state index contributed by atoms with van der Waals surface area (Å²) in [7, 11) is 1.86. The summed E-state index contributed by atoms with van der Waals surface area (Å²) in [4.78, 5) is 13.0. The molecule has 1 amide bonds. The van der Waals surface area contributed by atoms with E-state index in [2.05, 4.69) is 54.6 Å². The number of aromatic nitrogens is 2. The van der Waals surface area contributed by atoms with E-state index in [9.17, 15) is 4.79 Å². The number of rotatable bonds is 4. The summed E-state index contributed by atoms with van der Waals surface area (Å²) >= 11 is 0. The molecule has 2 unspecified atom stereocenters. The maximum atomic E-state index is 13.0. The van der Waals surface area contributed by atoms with Crippen LogP contribution < -0.4 is 5.32 Å². The normalized spacial score (nSPS) is 27.7. The lowest BCUT2D eigenvalue weighted by atomic mass is 9.53. The third-order valence-corrected chi connectivity index (χ3v) is 6.39. The molecule has 4 nitrogen and oxygen atoms in total. The van der Waals surface area contributed by atoms with E-state index in [4.69, 9.17) is 0 Å². The topological polar surface area (TPSA) is 46.9 Å². The van der Waals surface area contributed by atoms with Gasteiger partial charge in [0, 0.05) is 19.0 Å². The van der Waals surface area contributed by atoms with Gasteiger partial charge in [0.25, 0.3) is 5.91 Å². The molecule has 4 atom stereocenters. The molecular formula is C22H29N3O. The van der Waals surface area contributed by atoms with Gasteiger partial charge in [-0.25, -0.2) is 0 Å². The van der Waals surface area contributed by atoms with Crippen molar-refractivity contribution in [2.75, 3.05) is 0 Å². The minimum atomic E-state index is 0.0156. The highest BCUT2D eigenvalue weighted by molar-refractivity contribution is 5.93. The Morgan fingerprint density at radius 3 is 2.50 bits per heavy atom. The highest BCUT2D eigenvalue weighted by Gasteiger charge is 2.51. The fraction of sp³-hybridized carbons (Fsp3) is 0.545. The quantitative estimate of drug-likeness (QED) is 0.895. The van der Waals surface area contributed by atoms with Crippen LogP contribution in [0.15, 0.2) is 36.4 Å². The Labute approximate surface area is 156 Å². The summed E-state index contributed by atoms with van der Waals surface area (Å²) < 4.78 is 1.72. The van der Waals surface area contributed by atoms with Gasteiger partial charge in [-0.3, -0.25) is 9.48 Å². The number of benzene rings is 1. The van der Waals surface area contributed by atoms with Crippen LogP contribution in [0.2, 0.25) is 0 Å². The van der Waals surface area contributed by atoms with Crippen molar-refractivity contribution in [3.63, 3.8) is 0 Å². The largest absolute Gasteiger partial charge is 0.347 e. The van der Waals surface area contributed by atoms with Gasteiger partial charge in [0.15, 0.2) is 0 Å². The Hall–Kier alpha value is -2.10. The smallest absolute Gasteiger partial charge is 0.269 e. The summed E-state index contributed by atoms with van der Waals surface area (Å²) in [6.45, 7) is 4.21. The predicted molar refractivity (Wildman–Crippen MR) is 103 cm³/mol. The Morgan fingerprint density at radius 1 is 1.15 bits per heavy atom. The molecule has 4 rings (SSSR count). The number of fused-ring (bicyclic) bond motifs is 1. The second kappa shape index (κ2) is 6.90. The molecule has 138 valence electrons. The van der Waals surface area contributed by atoms with Gasteiger partial charge in [0.1, 0.15) is 5.69 Å². The van der Waals surface area contributed by atoms with E-state index in [0.29, 0.717) is 29.4 Å². The Kier molecular flexibility index (Phi) is 4.60. The van der Waals surface area contributed by atoms with Crippen molar-refractivity contribution in [1.29, 1.82) is 0 Å². The van der Waals surface area contributed by atoms with Crippen LogP contribution in [0.1, 0.15) is 73.1 Å². The Morgan fingerprint density at radius 2 is 1.85 bits per heavy atom. The van der Waals surface area contributed by atoms with Gasteiger partial charge in [0.2, 0.25) is 0 Å². The molecule has 0 saturated heterocycles. The lowest BCUT2D eigenvalue weighted by Gasteiger charge is -2.55. The first-order chi connectivity index (χ1) is 12.6. The zero-order chi connectivity index (χ0) is 18.3. The minimum Gasteiger partial charge on any atom is -0.347 e. The van der Waals surface area contributed by atoms with Crippen molar-refractivity contribution < 1.29 is 4.79 Å². The molecule has 4 heteroatoms. The average Bonchev–Trinajstić information content (AvgIpc) is 3.03. The molecule has 2 fully saturated rings. The molecule has 0 bridgehead atoms. The predicted octanol–water partition coefficient (Wildman–Crippen LogP) is 4.25. The van der Waals surface area contributed by atoms with Crippen LogP contribution in [0.3, 0.4) is 0 Å². The van der Waals surface area contributed by atoms with Crippen molar-refractivity contribution in [3.05, 3.63) is 53.3 Å². The number of carbonyl (C=O) groups excluding carboxylic acids is 1. The molecule has 1 aromatic heterocycles. The fourth-order valence-electron chi connectivity index (χ4n) is 5.00. The molecule has 0 aliphatic heterocycles. The lowest BCUT2D eigenvalue weighted by molar-refractivity contribution is 0.0249. The van der Waals surface area contributed by atoms with Crippen molar-refractivity contribution in [1.82, 2.24) is 15.1 Å². The van der Waals surface area contributed by atoms with E-state index in [1.54, 1.807) is 4.68 Å². The third-order valence-electron chi connectivity index (χ3n) is 6.39. The van der Waals surface area contributed by atoms with E-state index in [1.165, 1.54) is 31.2 Å². The second-order valence-corrected chi connectivity index (χ2v) is 8.28. The van der Waals surface area contributed by atoms with Gasteiger partial charge in [-0.1, -0.05) is 57.0 Å². The van der Waals surface area contributed by atoms with Gasteiger partial charge in [-0.15, -0.1) is 0 Å². The van der Waals surface area contributed by atoms with Crippen molar-refractivity contribution in [2.24, 2.45) is 18.9 Å².